The van der Waals surface area contributed by atoms with Crippen LogP contribution in [0.5, 0.6) is 0 Å². The Kier molecular flexibility index (Phi) is 4.15. The van der Waals surface area contributed by atoms with Gasteiger partial charge in [-0.05, 0) is 29.7 Å². The summed E-state index contributed by atoms with van der Waals surface area (Å²) in [5.41, 5.74) is 9.76. The zero-order valence-electron chi connectivity index (χ0n) is 12.2. The van der Waals surface area contributed by atoms with Crippen molar-refractivity contribution in [2.45, 2.75) is 4.90 Å². The minimum atomic E-state index is -4.41. The van der Waals surface area contributed by atoms with E-state index in [2.05, 4.69) is 15.3 Å². The van der Waals surface area contributed by atoms with Gasteiger partial charge in [0.2, 0.25) is 5.11 Å². The average Bonchev–Trinajstić information content (AvgIpc) is 2.58. The molecule has 0 heterocycles. The lowest BCUT2D eigenvalue weighted by molar-refractivity contribution is 0.483. The van der Waals surface area contributed by atoms with E-state index in [0.29, 0.717) is 5.39 Å². The number of fused-ring (bicyclic) bond motifs is 1. The lowest BCUT2D eigenvalue weighted by atomic mass is 10.1. The predicted octanol–water partition coefficient (Wildman–Crippen LogP) is 3.72. The Hall–Kier alpha value is -2.97. The van der Waals surface area contributed by atoms with Crippen LogP contribution in [0.1, 0.15) is 0 Å². The van der Waals surface area contributed by atoms with Gasteiger partial charge in [-0.3, -0.25) is 4.55 Å². The highest BCUT2D eigenvalue weighted by Gasteiger charge is 2.18. The molecule has 2 radical (unpaired) electrons. The molecule has 0 bridgehead atoms. The van der Waals surface area contributed by atoms with Crippen molar-refractivity contribution >= 4 is 38.0 Å². The number of hydrogen-bond donors (Lipinski definition) is 1. The number of rotatable bonds is 4. The molecule has 0 atom stereocenters. The molecule has 7 nitrogen and oxygen atoms in total. The van der Waals surface area contributed by atoms with E-state index in [9.17, 15) is 18.5 Å². The van der Waals surface area contributed by atoms with Crippen molar-refractivity contribution in [1.29, 1.82) is 0 Å². The highest BCUT2D eigenvalue weighted by Crippen LogP contribution is 2.34. The first kappa shape index (κ1) is 15.9. The van der Waals surface area contributed by atoms with E-state index < -0.39 is 10.1 Å². The minimum absolute atomic E-state index is 0.0166. The first-order valence-corrected chi connectivity index (χ1v) is 8.30. The van der Waals surface area contributed by atoms with Crippen LogP contribution in [0.2, 0.25) is 0 Å². The van der Waals surface area contributed by atoms with E-state index >= 15 is 0 Å². The first-order valence-electron chi connectivity index (χ1n) is 6.86. The molecule has 0 unspecified atom stereocenters. The highest BCUT2D eigenvalue weighted by atomic mass is 32.2. The van der Waals surface area contributed by atoms with Crippen LogP contribution in [0.15, 0.2) is 75.8 Å². The van der Waals surface area contributed by atoms with Gasteiger partial charge in [0, 0.05) is 0 Å². The van der Waals surface area contributed by atoms with Crippen molar-refractivity contribution in [3.8, 4) is 0 Å². The van der Waals surface area contributed by atoms with Gasteiger partial charge in [-0.1, -0.05) is 36.4 Å². The monoisotopic (exact) mass is 339 g/mol. The fourth-order valence-electron chi connectivity index (χ4n) is 2.30. The molecule has 0 spiro atoms. The Morgan fingerprint density at radius 3 is 2.29 bits per heavy atom. The Morgan fingerprint density at radius 1 is 0.875 bits per heavy atom. The van der Waals surface area contributed by atoms with E-state index in [1.807, 2.05) is 12.1 Å². The average molecular weight is 339 g/mol. The van der Waals surface area contributed by atoms with Gasteiger partial charge >= 0.3 is 5.69 Å². The van der Waals surface area contributed by atoms with Gasteiger partial charge in [-0.2, -0.15) is 8.42 Å². The second-order valence-corrected chi connectivity index (χ2v) is 6.29. The molecule has 8 heteroatoms. The van der Waals surface area contributed by atoms with Crippen LogP contribution >= 0.6 is 0 Å². The van der Waals surface area contributed by atoms with E-state index in [0.717, 1.165) is 5.39 Å². The molecule has 0 aliphatic rings. The van der Waals surface area contributed by atoms with Crippen LogP contribution in [-0.2, 0) is 10.1 Å². The molecule has 0 saturated heterocycles. The van der Waals surface area contributed by atoms with Crippen LogP contribution in [0.25, 0.3) is 10.8 Å². The van der Waals surface area contributed by atoms with Gasteiger partial charge < -0.3 is 0 Å². The maximum atomic E-state index is 11.4. The Bertz CT molecular complexity index is 1060. The lowest BCUT2D eigenvalue weighted by Crippen LogP contribution is -1.97. The van der Waals surface area contributed by atoms with Gasteiger partial charge in [0.05, 0.1) is 5.39 Å². The summed E-state index contributed by atoms with van der Waals surface area (Å²) >= 11 is 0. The van der Waals surface area contributed by atoms with Crippen molar-refractivity contribution in [2.24, 2.45) is 10.2 Å². The maximum Gasteiger partial charge on any atom is 0.349 e. The van der Waals surface area contributed by atoms with E-state index in [1.165, 1.54) is 18.2 Å². The van der Waals surface area contributed by atoms with E-state index in [-0.39, 0.29) is 22.0 Å². The standard InChI is InChI=1S/C16H11N4O3S/c17-18-16-12-6-2-1-5-11(12)9-10-14(16)20-19-13-7-3-4-8-15(13)24(21,22)23/h1-10H,(H,21,22,23)/q+1. The number of hydrogen-bond acceptors (Lipinski definition) is 5. The molecule has 0 aliphatic carbocycles. The predicted molar refractivity (Wildman–Crippen MR) is 88.3 cm³/mol. The van der Waals surface area contributed by atoms with Crippen molar-refractivity contribution < 1.29 is 13.0 Å². The van der Waals surface area contributed by atoms with Gasteiger partial charge in [0.15, 0.2) is 5.69 Å². The summed E-state index contributed by atoms with van der Waals surface area (Å²) in [5.74, 6) is 0. The van der Waals surface area contributed by atoms with Crippen molar-refractivity contribution in [3.63, 3.8) is 0 Å². The molecule has 1 N–H and O–H groups in total. The van der Waals surface area contributed by atoms with Gasteiger partial charge in [-0.25, -0.2) is 0 Å². The third-order valence-electron chi connectivity index (χ3n) is 3.39. The molecule has 0 saturated carbocycles. The Labute approximate surface area is 137 Å². The third kappa shape index (κ3) is 3.05. The summed E-state index contributed by atoms with van der Waals surface area (Å²) in [6, 6.07) is 16.3. The SMILES string of the molecule is [N]=[N+]c1c(N=Nc2ccccc2S(=O)(=O)O)ccc2ccccc12. The van der Waals surface area contributed by atoms with Crippen LogP contribution in [0, 0.1) is 0 Å². The Morgan fingerprint density at radius 2 is 1.54 bits per heavy atom. The van der Waals surface area contributed by atoms with Crippen molar-refractivity contribution in [1.82, 2.24) is 10.6 Å². The lowest BCUT2D eigenvalue weighted by Gasteiger charge is -2.00. The molecule has 3 rings (SSSR count). The van der Waals surface area contributed by atoms with Crippen LogP contribution in [0.4, 0.5) is 17.1 Å². The highest BCUT2D eigenvalue weighted by molar-refractivity contribution is 7.86. The van der Waals surface area contributed by atoms with E-state index in [4.69, 9.17) is 0 Å². The molecular weight excluding hydrogens is 328 g/mol. The topological polar surface area (TPSA) is 115 Å². The Balaban J connectivity index is 2.11. The molecule has 3 aromatic rings. The second kappa shape index (κ2) is 6.26. The van der Waals surface area contributed by atoms with Crippen LogP contribution in [0.3, 0.4) is 0 Å². The zero-order valence-corrected chi connectivity index (χ0v) is 13.1. The fourth-order valence-corrected chi connectivity index (χ4v) is 2.92. The second-order valence-electron chi connectivity index (χ2n) is 4.90. The molecule has 118 valence electrons. The zero-order chi connectivity index (χ0) is 17.2. The van der Waals surface area contributed by atoms with E-state index in [1.54, 1.807) is 30.3 Å². The van der Waals surface area contributed by atoms with Crippen molar-refractivity contribution in [2.75, 3.05) is 0 Å². The molecule has 3 aromatic carbocycles. The number of nitrogens with zero attached hydrogens (tertiary/aromatic N) is 4. The third-order valence-corrected chi connectivity index (χ3v) is 4.29. The maximum absolute atomic E-state index is 11.4. The molecule has 0 fully saturated rings. The molecule has 0 aromatic heterocycles. The molecule has 0 amide bonds. The van der Waals surface area contributed by atoms with Crippen LogP contribution in [-0.4, -0.2) is 13.0 Å². The summed E-state index contributed by atoms with van der Waals surface area (Å²) in [5, 5.41) is 12.6. The summed E-state index contributed by atoms with van der Waals surface area (Å²) in [6.07, 6.45) is 0. The number of azo groups is 1. The van der Waals surface area contributed by atoms with Crippen LogP contribution < -0.4 is 10.6 Å². The minimum Gasteiger partial charge on any atom is -0.282 e. The normalized spacial score (nSPS) is 11.9. The van der Waals surface area contributed by atoms with Gasteiger partial charge in [-0.15, -0.1) is 10.2 Å². The molecule has 24 heavy (non-hydrogen) atoms. The smallest absolute Gasteiger partial charge is 0.282 e. The van der Waals surface area contributed by atoms with Crippen molar-refractivity contribution in [3.05, 3.63) is 60.7 Å². The number of benzene rings is 3. The molecular formula is C16H11N4O3S+. The summed E-state index contributed by atoms with van der Waals surface area (Å²) < 4.78 is 31.9. The molecule has 0 aliphatic heterocycles. The summed E-state index contributed by atoms with van der Waals surface area (Å²) in [6.45, 7) is 0. The quantitative estimate of drug-likeness (QED) is 0.576. The largest absolute Gasteiger partial charge is 0.349 e. The van der Waals surface area contributed by atoms with Gasteiger partial charge in [0.25, 0.3) is 15.6 Å². The summed E-state index contributed by atoms with van der Waals surface area (Å²) in [7, 11) is -4.41. The summed E-state index contributed by atoms with van der Waals surface area (Å²) in [4.78, 5) is -0.350. The fraction of sp³-hybridized carbons (Fsp3) is 0. The van der Waals surface area contributed by atoms with Gasteiger partial charge in [0.1, 0.15) is 10.6 Å². The first-order chi connectivity index (χ1) is 11.5.